The molecule has 3 aromatic carbocycles. The number of rotatable bonds is 8. The highest BCUT2D eigenvalue weighted by Crippen LogP contribution is 2.12. The Morgan fingerprint density at radius 3 is 2.07 bits per heavy atom. The van der Waals surface area contributed by atoms with Crippen LogP contribution in [-0.2, 0) is 16.6 Å². The Bertz CT molecular complexity index is 1040. The smallest absolute Gasteiger partial charge is 0.251 e. The standard InChI is InChI=1S/C22H22N2O4S/c25-21(18-7-3-1-4-8-18)16-23-22(26)19-13-11-17(12-14-19)15-24-29(27,28)20-9-5-2-6-10-20/h1-14,21,24-25H,15-16H2,(H,23,26). The number of nitrogens with one attached hydrogen (secondary N) is 2. The van der Waals surface area contributed by atoms with Crippen LogP contribution in [0.4, 0.5) is 0 Å². The zero-order valence-electron chi connectivity index (χ0n) is 15.7. The number of aliphatic hydroxyl groups excluding tert-OH is 1. The molecule has 150 valence electrons. The van der Waals surface area contributed by atoms with Crippen LogP contribution in [0.25, 0.3) is 0 Å². The third-order valence-electron chi connectivity index (χ3n) is 4.38. The lowest BCUT2D eigenvalue weighted by molar-refractivity contribution is 0.0916. The maximum absolute atomic E-state index is 12.3. The zero-order chi connectivity index (χ0) is 20.7. The molecule has 6 nitrogen and oxygen atoms in total. The zero-order valence-corrected chi connectivity index (χ0v) is 16.5. The minimum Gasteiger partial charge on any atom is -0.387 e. The first-order valence-corrected chi connectivity index (χ1v) is 10.6. The molecule has 0 bridgehead atoms. The van der Waals surface area contributed by atoms with Gasteiger partial charge in [-0.2, -0.15) is 0 Å². The number of amides is 1. The summed E-state index contributed by atoms with van der Waals surface area (Å²) in [5.74, 6) is -0.309. The number of hydrogen-bond donors (Lipinski definition) is 3. The average molecular weight is 410 g/mol. The van der Waals surface area contributed by atoms with E-state index in [4.69, 9.17) is 0 Å². The van der Waals surface area contributed by atoms with E-state index in [9.17, 15) is 18.3 Å². The van der Waals surface area contributed by atoms with Gasteiger partial charge < -0.3 is 10.4 Å². The second kappa shape index (κ2) is 9.47. The summed E-state index contributed by atoms with van der Waals surface area (Å²) in [7, 11) is -3.59. The minimum atomic E-state index is -3.59. The van der Waals surface area contributed by atoms with Crippen LogP contribution in [0.15, 0.2) is 89.8 Å². The first-order chi connectivity index (χ1) is 14.0. The molecule has 29 heavy (non-hydrogen) atoms. The van der Waals surface area contributed by atoms with Crippen molar-refractivity contribution in [2.75, 3.05) is 6.54 Å². The lowest BCUT2D eigenvalue weighted by atomic mass is 10.1. The molecule has 0 aliphatic carbocycles. The van der Waals surface area contributed by atoms with Crippen LogP contribution < -0.4 is 10.0 Å². The van der Waals surface area contributed by atoms with E-state index in [1.54, 1.807) is 54.6 Å². The normalized spacial score (nSPS) is 12.3. The monoisotopic (exact) mass is 410 g/mol. The Balaban J connectivity index is 1.53. The van der Waals surface area contributed by atoms with Gasteiger partial charge in [0.05, 0.1) is 11.0 Å². The van der Waals surface area contributed by atoms with E-state index in [-0.39, 0.29) is 23.9 Å². The van der Waals surface area contributed by atoms with Gasteiger partial charge in [-0.15, -0.1) is 0 Å². The molecule has 1 atom stereocenters. The third kappa shape index (κ3) is 5.74. The van der Waals surface area contributed by atoms with Gasteiger partial charge in [-0.1, -0.05) is 60.7 Å². The molecule has 3 rings (SSSR count). The highest BCUT2D eigenvalue weighted by atomic mass is 32.2. The van der Waals surface area contributed by atoms with Gasteiger partial charge in [-0.3, -0.25) is 4.79 Å². The fourth-order valence-corrected chi connectivity index (χ4v) is 3.76. The number of carbonyl (C=O) groups excluding carboxylic acids is 1. The van der Waals surface area contributed by atoms with Crippen LogP contribution >= 0.6 is 0 Å². The van der Waals surface area contributed by atoms with Crippen LogP contribution in [0.1, 0.15) is 27.6 Å². The minimum absolute atomic E-state index is 0.0987. The van der Waals surface area contributed by atoms with Crippen LogP contribution in [0.3, 0.4) is 0 Å². The molecule has 0 aromatic heterocycles. The van der Waals surface area contributed by atoms with Crippen LogP contribution in [0, 0.1) is 0 Å². The van der Waals surface area contributed by atoms with E-state index in [1.165, 1.54) is 12.1 Å². The van der Waals surface area contributed by atoms with Gasteiger partial charge in [0.1, 0.15) is 0 Å². The van der Waals surface area contributed by atoms with Crippen molar-refractivity contribution >= 4 is 15.9 Å². The fourth-order valence-electron chi connectivity index (χ4n) is 2.72. The molecule has 0 fully saturated rings. The number of carbonyl (C=O) groups is 1. The number of sulfonamides is 1. The maximum Gasteiger partial charge on any atom is 0.251 e. The van der Waals surface area contributed by atoms with E-state index < -0.39 is 16.1 Å². The molecule has 7 heteroatoms. The van der Waals surface area contributed by atoms with Crippen LogP contribution in [-0.4, -0.2) is 26.0 Å². The summed E-state index contributed by atoms with van der Waals surface area (Å²) in [5, 5.41) is 12.8. The van der Waals surface area contributed by atoms with Gasteiger partial charge in [0.2, 0.25) is 10.0 Å². The van der Waals surface area contributed by atoms with E-state index in [0.29, 0.717) is 5.56 Å². The van der Waals surface area contributed by atoms with Gasteiger partial charge in [-0.05, 0) is 35.4 Å². The highest BCUT2D eigenvalue weighted by molar-refractivity contribution is 7.89. The third-order valence-corrected chi connectivity index (χ3v) is 5.79. The molecule has 0 aliphatic heterocycles. The largest absolute Gasteiger partial charge is 0.387 e. The summed E-state index contributed by atoms with van der Waals surface area (Å²) in [6, 6.07) is 23.9. The summed E-state index contributed by atoms with van der Waals surface area (Å²) < 4.78 is 27.0. The number of benzene rings is 3. The predicted molar refractivity (Wildman–Crippen MR) is 111 cm³/mol. The molecule has 3 N–H and O–H groups in total. The van der Waals surface area contributed by atoms with E-state index in [2.05, 4.69) is 10.0 Å². The summed E-state index contributed by atoms with van der Waals surface area (Å²) in [6.45, 7) is 0.216. The van der Waals surface area contributed by atoms with Crippen molar-refractivity contribution in [3.05, 3.63) is 102 Å². The molecular formula is C22H22N2O4S. The molecule has 0 aliphatic rings. The summed E-state index contributed by atoms with van der Waals surface area (Å²) in [5.41, 5.74) is 1.89. The van der Waals surface area contributed by atoms with E-state index >= 15 is 0 Å². The average Bonchev–Trinajstić information content (AvgIpc) is 2.77. The number of aliphatic hydroxyl groups is 1. The summed E-state index contributed by atoms with van der Waals surface area (Å²) >= 11 is 0. The molecule has 0 radical (unpaired) electrons. The number of hydrogen-bond acceptors (Lipinski definition) is 4. The van der Waals surface area contributed by atoms with E-state index in [0.717, 1.165) is 11.1 Å². The quantitative estimate of drug-likeness (QED) is 0.532. The van der Waals surface area contributed by atoms with Gasteiger partial charge in [0.25, 0.3) is 5.91 Å². The van der Waals surface area contributed by atoms with E-state index in [1.807, 2.05) is 18.2 Å². The van der Waals surface area contributed by atoms with Crippen molar-refractivity contribution in [3.8, 4) is 0 Å². The van der Waals surface area contributed by atoms with Gasteiger partial charge >= 0.3 is 0 Å². The second-order valence-electron chi connectivity index (χ2n) is 6.47. The Kier molecular flexibility index (Phi) is 6.77. The lowest BCUT2D eigenvalue weighted by Gasteiger charge is -2.12. The molecule has 0 heterocycles. The molecule has 0 saturated carbocycles. The predicted octanol–water partition coefficient (Wildman–Crippen LogP) is 2.63. The fraction of sp³-hybridized carbons (Fsp3) is 0.136. The van der Waals surface area contributed by atoms with Crippen LogP contribution in [0.2, 0.25) is 0 Å². The molecule has 1 amide bonds. The van der Waals surface area contributed by atoms with Crippen LogP contribution in [0.5, 0.6) is 0 Å². The first kappa shape index (κ1) is 20.7. The molecule has 3 aromatic rings. The maximum atomic E-state index is 12.3. The Morgan fingerprint density at radius 2 is 1.45 bits per heavy atom. The molecule has 0 saturated heterocycles. The Labute approximate surface area is 170 Å². The SMILES string of the molecule is O=C(NCC(O)c1ccccc1)c1ccc(CNS(=O)(=O)c2ccccc2)cc1. The van der Waals surface area contributed by atoms with Crippen molar-refractivity contribution in [3.63, 3.8) is 0 Å². The van der Waals surface area contributed by atoms with Gasteiger partial charge in [0.15, 0.2) is 0 Å². The molecule has 0 spiro atoms. The Hall–Kier alpha value is -3.00. The van der Waals surface area contributed by atoms with Gasteiger partial charge in [-0.25, -0.2) is 13.1 Å². The second-order valence-corrected chi connectivity index (χ2v) is 8.24. The van der Waals surface area contributed by atoms with Crippen molar-refractivity contribution in [2.45, 2.75) is 17.5 Å². The highest BCUT2D eigenvalue weighted by Gasteiger charge is 2.13. The molecule has 1 unspecified atom stereocenters. The van der Waals surface area contributed by atoms with Crippen molar-refractivity contribution in [1.82, 2.24) is 10.0 Å². The van der Waals surface area contributed by atoms with Crippen molar-refractivity contribution in [2.24, 2.45) is 0 Å². The molecular weight excluding hydrogens is 388 g/mol. The van der Waals surface area contributed by atoms with Crippen molar-refractivity contribution < 1.29 is 18.3 Å². The van der Waals surface area contributed by atoms with Gasteiger partial charge in [0, 0.05) is 18.7 Å². The Morgan fingerprint density at radius 1 is 0.862 bits per heavy atom. The van der Waals surface area contributed by atoms with Crippen molar-refractivity contribution in [1.29, 1.82) is 0 Å². The lowest BCUT2D eigenvalue weighted by Crippen LogP contribution is -2.28. The summed E-state index contributed by atoms with van der Waals surface area (Å²) in [6.07, 6.45) is -0.785. The summed E-state index contributed by atoms with van der Waals surface area (Å²) in [4.78, 5) is 12.5. The first-order valence-electron chi connectivity index (χ1n) is 9.10. The topological polar surface area (TPSA) is 95.5 Å².